The Morgan fingerprint density at radius 3 is 2.59 bits per heavy atom. The molecule has 0 radical (unpaired) electrons. The second-order valence-corrected chi connectivity index (χ2v) is 5.12. The molecule has 22 heavy (non-hydrogen) atoms. The van der Waals surface area contributed by atoms with Crippen LogP contribution in [0.5, 0.6) is 5.75 Å². The van der Waals surface area contributed by atoms with Gasteiger partial charge in [-0.15, -0.1) is 0 Å². The average molecular weight is 312 g/mol. The van der Waals surface area contributed by atoms with Crippen molar-refractivity contribution >= 4 is 35.0 Å². The second-order valence-electron chi connectivity index (χ2n) is 4.71. The van der Waals surface area contributed by atoms with E-state index in [1.807, 2.05) is 43.3 Å². The summed E-state index contributed by atoms with van der Waals surface area (Å²) in [6, 6.07) is 14.6. The van der Waals surface area contributed by atoms with Gasteiger partial charge in [-0.1, -0.05) is 36.4 Å². The zero-order chi connectivity index (χ0) is 15.9. The molecule has 0 heterocycles. The first-order chi connectivity index (χ1) is 10.5. The number of hydrogen-bond donors (Lipinski definition) is 3. The number of hydrogen-bond acceptors (Lipinski definition) is 3. The summed E-state index contributed by atoms with van der Waals surface area (Å²) in [6.07, 6.45) is 3.10. The fourth-order valence-electron chi connectivity index (χ4n) is 1.79. The van der Waals surface area contributed by atoms with E-state index in [2.05, 4.69) is 10.6 Å². The Kier molecular flexibility index (Phi) is 5.27. The zero-order valence-corrected chi connectivity index (χ0v) is 12.9. The second kappa shape index (κ2) is 7.38. The van der Waals surface area contributed by atoms with Gasteiger partial charge in [0.25, 0.3) is 0 Å². The number of phenols is 1. The normalized spacial score (nSPS) is 10.4. The van der Waals surface area contributed by atoms with Crippen LogP contribution in [0.4, 0.5) is 5.69 Å². The number of amides is 1. The third-order valence-corrected chi connectivity index (χ3v) is 3.07. The number of nitrogens with one attached hydrogen (secondary N) is 2. The lowest BCUT2D eigenvalue weighted by molar-refractivity contribution is -0.115. The highest BCUT2D eigenvalue weighted by molar-refractivity contribution is 7.80. The highest BCUT2D eigenvalue weighted by Gasteiger charge is 2.05. The van der Waals surface area contributed by atoms with Crippen LogP contribution in [0.15, 0.2) is 54.6 Å². The lowest BCUT2D eigenvalue weighted by Gasteiger charge is -2.10. The Hall–Kier alpha value is -2.66. The minimum Gasteiger partial charge on any atom is -0.506 e. The van der Waals surface area contributed by atoms with Crippen LogP contribution < -0.4 is 10.6 Å². The molecule has 1 amide bonds. The van der Waals surface area contributed by atoms with E-state index in [1.54, 1.807) is 18.2 Å². The Labute approximate surface area is 134 Å². The van der Waals surface area contributed by atoms with Gasteiger partial charge in [0, 0.05) is 6.08 Å². The molecule has 0 aliphatic rings. The highest BCUT2D eigenvalue weighted by atomic mass is 32.1. The summed E-state index contributed by atoms with van der Waals surface area (Å²) >= 11 is 5.05. The van der Waals surface area contributed by atoms with Crippen molar-refractivity contribution in [3.8, 4) is 5.75 Å². The Bertz CT molecular complexity index is 712. The number of aromatic hydroxyl groups is 1. The minimum absolute atomic E-state index is 0.0800. The molecular formula is C17H16N2O2S. The fraction of sp³-hybridized carbons (Fsp3) is 0.0588. The molecule has 0 unspecified atom stereocenters. The van der Waals surface area contributed by atoms with Crippen LogP contribution in [-0.4, -0.2) is 16.1 Å². The molecule has 2 aromatic carbocycles. The van der Waals surface area contributed by atoms with Gasteiger partial charge in [-0.2, -0.15) is 0 Å². The van der Waals surface area contributed by atoms with Crippen LogP contribution in [0.25, 0.3) is 6.08 Å². The zero-order valence-electron chi connectivity index (χ0n) is 12.0. The molecule has 0 bridgehead atoms. The fourth-order valence-corrected chi connectivity index (χ4v) is 2.00. The lowest BCUT2D eigenvalue weighted by atomic mass is 10.2. The highest BCUT2D eigenvalue weighted by Crippen LogP contribution is 2.23. The first-order valence-electron chi connectivity index (χ1n) is 6.69. The van der Waals surface area contributed by atoms with Crippen molar-refractivity contribution in [2.45, 2.75) is 6.92 Å². The molecule has 112 valence electrons. The van der Waals surface area contributed by atoms with Crippen LogP contribution in [0.1, 0.15) is 11.1 Å². The van der Waals surface area contributed by atoms with E-state index < -0.39 is 0 Å². The van der Waals surface area contributed by atoms with Gasteiger partial charge in [-0.25, -0.2) is 0 Å². The van der Waals surface area contributed by atoms with E-state index in [-0.39, 0.29) is 16.8 Å². The van der Waals surface area contributed by atoms with Crippen LogP contribution in [-0.2, 0) is 4.79 Å². The first kappa shape index (κ1) is 15.7. The Morgan fingerprint density at radius 1 is 1.18 bits per heavy atom. The maximum atomic E-state index is 11.8. The first-order valence-corrected chi connectivity index (χ1v) is 7.10. The minimum atomic E-state index is -0.340. The molecule has 0 spiro atoms. The summed E-state index contributed by atoms with van der Waals surface area (Å²) in [4.78, 5) is 11.8. The number of phenolic OH excluding ortho intramolecular Hbond substituents is 1. The Balaban J connectivity index is 1.91. The molecular weight excluding hydrogens is 296 g/mol. The molecule has 0 atom stereocenters. The smallest absolute Gasteiger partial charge is 0.250 e. The number of rotatable bonds is 3. The van der Waals surface area contributed by atoms with Crippen LogP contribution in [0, 0.1) is 6.92 Å². The maximum Gasteiger partial charge on any atom is 0.250 e. The molecule has 2 aromatic rings. The SMILES string of the molecule is Cc1ccc(NC(=S)NC(=O)C=Cc2ccccc2)c(O)c1. The van der Waals surface area contributed by atoms with Crippen molar-refractivity contribution in [2.24, 2.45) is 0 Å². The summed E-state index contributed by atoms with van der Waals surface area (Å²) in [5, 5.41) is 15.2. The van der Waals surface area contributed by atoms with Crippen molar-refractivity contribution in [1.29, 1.82) is 0 Å². The summed E-state index contributed by atoms with van der Waals surface area (Å²) in [5.74, 6) is -0.260. The van der Waals surface area contributed by atoms with Crippen molar-refractivity contribution in [1.82, 2.24) is 5.32 Å². The van der Waals surface area contributed by atoms with Crippen LogP contribution in [0.2, 0.25) is 0 Å². The lowest BCUT2D eigenvalue weighted by Crippen LogP contribution is -2.32. The predicted molar refractivity (Wildman–Crippen MR) is 92.7 cm³/mol. The number of benzene rings is 2. The van der Waals surface area contributed by atoms with Crippen LogP contribution >= 0.6 is 12.2 Å². The molecule has 4 nitrogen and oxygen atoms in total. The molecule has 0 aromatic heterocycles. The molecule has 5 heteroatoms. The van der Waals surface area contributed by atoms with Gasteiger partial charge < -0.3 is 10.4 Å². The quantitative estimate of drug-likeness (QED) is 0.463. The van der Waals surface area contributed by atoms with E-state index in [0.29, 0.717) is 5.69 Å². The third-order valence-electron chi connectivity index (χ3n) is 2.86. The van der Waals surface area contributed by atoms with E-state index in [1.165, 1.54) is 6.08 Å². The third kappa shape index (κ3) is 4.71. The number of anilines is 1. The average Bonchev–Trinajstić information content (AvgIpc) is 2.49. The van der Waals surface area contributed by atoms with Gasteiger partial charge in [-0.3, -0.25) is 10.1 Å². The molecule has 0 aliphatic carbocycles. The number of carbonyl (C=O) groups is 1. The van der Waals surface area contributed by atoms with Gasteiger partial charge >= 0.3 is 0 Å². The number of thiocarbonyl (C=S) groups is 1. The molecule has 2 rings (SSSR count). The monoisotopic (exact) mass is 312 g/mol. The standard InChI is InChI=1S/C17H16N2O2S/c1-12-7-9-14(15(20)11-12)18-17(22)19-16(21)10-8-13-5-3-2-4-6-13/h2-11,20H,1H3,(H2,18,19,21,22). The van der Waals surface area contributed by atoms with Gasteiger partial charge in [0.15, 0.2) is 5.11 Å². The summed E-state index contributed by atoms with van der Waals surface area (Å²) in [7, 11) is 0. The summed E-state index contributed by atoms with van der Waals surface area (Å²) in [6.45, 7) is 1.87. The predicted octanol–water partition coefficient (Wildman–Crippen LogP) is 3.23. The van der Waals surface area contributed by atoms with E-state index in [0.717, 1.165) is 11.1 Å². The number of carbonyl (C=O) groups excluding carboxylic acids is 1. The topological polar surface area (TPSA) is 61.4 Å². The van der Waals surface area contributed by atoms with Crippen molar-refractivity contribution in [2.75, 3.05) is 5.32 Å². The van der Waals surface area contributed by atoms with E-state index >= 15 is 0 Å². The van der Waals surface area contributed by atoms with Crippen molar-refractivity contribution in [3.05, 3.63) is 65.7 Å². The number of aryl methyl sites for hydroxylation is 1. The van der Waals surface area contributed by atoms with Gasteiger partial charge in [0.05, 0.1) is 5.69 Å². The van der Waals surface area contributed by atoms with Crippen molar-refractivity contribution < 1.29 is 9.90 Å². The van der Waals surface area contributed by atoms with Crippen molar-refractivity contribution in [3.63, 3.8) is 0 Å². The van der Waals surface area contributed by atoms with Gasteiger partial charge in [0.2, 0.25) is 5.91 Å². The Morgan fingerprint density at radius 2 is 1.91 bits per heavy atom. The molecule has 0 saturated carbocycles. The molecule has 0 fully saturated rings. The van der Waals surface area contributed by atoms with Gasteiger partial charge in [0.1, 0.15) is 5.75 Å². The maximum absolute atomic E-state index is 11.8. The largest absolute Gasteiger partial charge is 0.506 e. The molecule has 3 N–H and O–H groups in total. The van der Waals surface area contributed by atoms with Crippen LogP contribution in [0.3, 0.4) is 0 Å². The van der Waals surface area contributed by atoms with E-state index in [9.17, 15) is 9.90 Å². The molecule has 0 saturated heterocycles. The summed E-state index contributed by atoms with van der Waals surface area (Å²) < 4.78 is 0. The summed E-state index contributed by atoms with van der Waals surface area (Å²) in [5.41, 5.74) is 2.31. The van der Waals surface area contributed by atoms with E-state index in [4.69, 9.17) is 12.2 Å². The van der Waals surface area contributed by atoms with Gasteiger partial charge in [-0.05, 0) is 48.5 Å². The molecule has 0 aliphatic heterocycles.